The molecule has 0 aliphatic heterocycles. The molecule has 0 spiro atoms. The lowest BCUT2D eigenvalue weighted by Gasteiger charge is -2.02. The van der Waals surface area contributed by atoms with Crippen molar-refractivity contribution in [3.05, 3.63) is 66.7 Å². The van der Waals surface area contributed by atoms with Crippen LogP contribution in [-0.4, -0.2) is 16.6 Å². The zero-order valence-electron chi connectivity index (χ0n) is 11.2. The summed E-state index contributed by atoms with van der Waals surface area (Å²) in [6, 6.07) is 16.3. The van der Waals surface area contributed by atoms with Crippen molar-refractivity contribution in [3.63, 3.8) is 0 Å². The third-order valence-electron chi connectivity index (χ3n) is 3.12. The van der Waals surface area contributed by atoms with E-state index in [-0.39, 0.29) is 0 Å². The molecule has 0 radical (unpaired) electrons. The molecule has 0 saturated carbocycles. The molecule has 0 fully saturated rings. The van der Waals surface area contributed by atoms with E-state index in [1.54, 1.807) is 6.08 Å². The molecule has 2 aromatic carbocycles. The summed E-state index contributed by atoms with van der Waals surface area (Å²) < 4.78 is 5.42. The Morgan fingerprint density at radius 3 is 2.65 bits per heavy atom. The van der Waals surface area contributed by atoms with Gasteiger partial charge in [-0.25, -0.2) is 4.98 Å². The van der Waals surface area contributed by atoms with Crippen molar-refractivity contribution >= 4 is 11.0 Å². The molecule has 20 heavy (non-hydrogen) atoms. The van der Waals surface area contributed by atoms with E-state index in [9.17, 15) is 0 Å². The quantitative estimate of drug-likeness (QED) is 0.560. The fourth-order valence-electron chi connectivity index (χ4n) is 2.11. The van der Waals surface area contributed by atoms with Crippen LogP contribution in [0.1, 0.15) is 5.56 Å². The summed E-state index contributed by atoms with van der Waals surface area (Å²) in [6.45, 7) is 4.81. The molecule has 0 bridgehead atoms. The number of imidazole rings is 1. The van der Waals surface area contributed by atoms with Crippen molar-refractivity contribution in [3.8, 4) is 11.4 Å². The molecule has 100 valence electrons. The van der Waals surface area contributed by atoms with Gasteiger partial charge in [0.05, 0.1) is 24.2 Å². The molecule has 0 unspecified atom stereocenters. The molecule has 3 heteroatoms. The molecule has 3 aromatic rings. The highest BCUT2D eigenvalue weighted by Crippen LogP contribution is 2.20. The Morgan fingerprint density at radius 2 is 1.90 bits per heavy atom. The fourth-order valence-corrected chi connectivity index (χ4v) is 2.11. The van der Waals surface area contributed by atoms with Crippen LogP contribution in [0.25, 0.3) is 22.4 Å². The average Bonchev–Trinajstić information content (AvgIpc) is 2.92. The van der Waals surface area contributed by atoms with Gasteiger partial charge in [-0.05, 0) is 17.7 Å². The van der Waals surface area contributed by atoms with Crippen LogP contribution in [-0.2, 0) is 11.3 Å². The van der Waals surface area contributed by atoms with Gasteiger partial charge >= 0.3 is 0 Å². The maximum absolute atomic E-state index is 5.42. The topological polar surface area (TPSA) is 37.9 Å². The summed E-state index contributed by atoms with van der Waals surface area (Å²) in [6.07, 6.45) is 1.75. The highest BCUT2D eigenvalue weighted by Gasteiger charge is 2.04. The lowest BCUT2D eigenvalue weighted by molar-refractivity contribution is 0.149. The number of benzene rings is 2. The summed E-state index contributed by atoms with van der Waals surface area (Å²) in [4.78, 5) is 7.92. The third kappa shape index (κ3) is 2.63. The number of hydrogen-bond acceptors (Lipinski definition) is 2. The van der Waals surface area contributed by atoms with E-state index in [1.807, 2.05) is 24.3 Å². The van der Waals surface area contributed by atoms with Gasteiger partial charge in [0, 0.05) is 5.56 Å². The zero-order valence-corrected chi connectivity index (χ0v) is 11.2. The number of nitrogens with zero attached hydrogens (tertiary/aromatic N) is 1. The van der Waals surface area contributed by atoms with E-state index < -0.39 is 0 Å². The second-order valence-corrected chi connectivity index (χ2v) is 4.60. The van der Waals surface area contributed by atoms with Crippen LogP contribution in [0, 0.1) is 0 Å². The largest absolute Gasteiger partial charge is 0.373 e. The van der Waals surface area contributed by atoms with Crippen molar-refractivity contribution in [2.24, 2.45) is 0 Å². The standard InChI is InChI=1S/C17H16N2O/c1-2-11-20-12-13-7-9-14(10-8-13)17-18-15-5-3-4-6-16(15)19-17/h2-10H,1,11-12H2,(H,18,19). The highest BCUT2D eigenvalue weighted by atomic mass is 16.5. The molecule has 0 aliphatic rings. The van der Waals surface area contributed by atoms with Crippen molar-refractivity contribution in [1.29, 1.82) is 0 Å². The zero-order chi connectivity index (χ0) is 13.8. The summed E-state index contributed by atoms with van der Waals surface area (Å²) in [5.41, 5.74) is 4.27. The van der Waals surface area contributed by atoms with Gasteiger partial charge in [0.1, 0.15) is 5.82 Å². The van der Waals surface area contributed by atoms with Crippen molar-refractivity contribution < 1.29 is 4.74 Å². The van der Waals surface area contributed by atoms with E-state index in [4.69, 9.17) is 4.74 Å². The normalized spacial score (nSPS) is 10.8. The fraction of sp³-hybridized carbons (Fsp3) is 0.118. The SMILES string of the molecule is C=CCOCc1ccc(-c2nc3ccccc3[nH]2)cc1. The molecule has 0 aliphatic carbocycles. The van der Waals surface area contributed by atoms with Gasteiger partial charge in [-0.2, -0.15) is 0 Å². The predicted octanol–water partition coefficient (Wildman–Crippen LogP) is 3.93. The van der Waals surface area contributed by atoms with Gasteiger partial charge in [0.25, 0.3) is 0 Å². The Labute approximate surface area is 117 Å². The third-order valence-corrected chi connectivity index (χ3v) is 3.12. The van der Waals surface area contributed by atoms with Crippen LogP contribution < -0.4 is 0 Å². The molecular weight excluding hydrogens is 248 g/mol. The first-order chi connectivity index (χ1) is 9.86. The van der Waals surface area contributed by atoms with Gasteiger partial charge in [0.15, 0.2) is 0 Å². The summed E-state index contributed by atoms with van der Waals surface area (Å²) in [7, 11) is 0. The Kier molecular flexibility index (Phi) is 3.61. The molecular formula is C17H16N2O. The van der Waals surface area contributed by atoms with Crippen LogP contribution in [0.5, 0.6) is 0 Å². The first-order valence-electron chi connectivity index (χ1n) is 6.59. The monoisotopic (exact) mass is 264 g/mol. The van der Waals surface area contributed by atoms with Crippen molar-refractivity contribution in [2.75, 3.05) is 6.61 Å². The molecule has 3 nitrogen and oxygen atoms in total. The predicted molar refractivity (Wildman–Crippen MR) is 81.4 cm³/mol. The number of rotatable bonds is 5. The van der Waals surface area contributed by atoms with E-state index in [0.29, 0.717) is 13.2 Å². The second kappa shape index (κ2) is 5.72. The van der Waals surface area contributed by atoms with Gasteiger partial charge < -0.3 is 9.72 Å². The van der Waals surface area contributed by atoms with Crippen molar-refractivity contribution in [1.82, 2.24) is 9.97 Å². The van der Waals surface area contributed by atoms with Crippen LogP contribution in [0.3, 0.4) is 0 Å². The number of para-hydroxylation sites is 2. The number of ether oxygens (including phenoxy) is 1. The Bertz CT molecular complexity index is 680. The minimum atomic E-state index is 0.575. The Hall–Kier alpha value is -2.39. The second-order valence-electron chi connectivity index (χ2n) is 4.60. The molecule has 1 heterocycles. The van der Waals surface area contributed by atoms with E-state index in [1.165, 1.54) is 0 Å². The van der Waals surface area contributed by atoms with E-state index in [0.717, 1.165) is 28.0 Å². The minimum absolute atomic E-state index is 0.575. The van der Waals surface area contributed by atoms with E-state index in [2.05, 4.69) is 40.8 Å². The van der Waals surface area contributed by atoms with Gasteiger partial charge in [-0.3, -0.25) is 0 Å². The van der Waals surface area contributed by atoms with Gasteiger partial charge in [0.2, 0.25) is 0 Å². The van der Waals surface area contributed by atoms with Gasteiger partial charge in [-0.1, -0.05) is 42.5 Å². The molecule has 0 amide bonds. The van der Waals surface area contributed by atoms with Crippen molar-refractivity contribution in [2.45, 2.75) is 6.61 Å². The van der Waals surface area contributed by atoms with Crippen LogP contribution >= 0.6 is 0 Å². The maximum Gasteiger partial charge on any atom is 0.138 e. The number of hydrogen-bond donors (Lipinski definition) is 1. The molecule has 0 saturated heterocycles. The Morgan fingerprint density at radius 1 is 1.10 bits per heavy atom. The number of nitrogens with one attached hydrogen (secondary N) is 1. The first-order valence-corrected chi connectivity index (χ1v) is 6.59. The van der Waals surface area contributed by atoms with Crippen LogP contribution in [0.15, 0.2) is 61.2 Å². The molecule has 0 atom stereocenters. The number of aromatic nitrogens is 2. The molecule has 1 aromatic heterocycles. The van der Waals surface area contributed by atoms with E-state index >= 15 is 0 Å². The highest BCUT2D eigenvalue weighted by molar-refractivity contribution is 5.79. The van der Waals surface area contributed by atoms with Crippen LogP contribution in [0.2, 0.25) is 0 Å². The summed E-state index contributed by atoms with van der Waals surface area (Å²) in [5, 5.41) is 0. The minimum Gasteiger partial charge on any atom is -0.373 e. The Balaban J connectivity index is 1.81. The lowest BCUT2D eigenvalue weighted by atomic mass is 10.1. The first kappa shape index (κ1) is 12.6. The number of aromatic amines is 1. The van der Waals surface area contributed by atoms with Crippen LogP contribution in [0.4, 0.5) is 0 Å². The lowest BCUT2D eigenvalue weighted by Crippen LogP contribution is -1.92. The number of fused-ring (bicyclic) bond motifs is 1. The number of H-pyrrole nitrogens is 1. The van der Waals surface area contributed by atoms with Gasteiger partial charge in [-0.15, -0.1) is 6.58 Å². The average molecular weight is 264 g/mol. The smallest absolute Gasteiger partial charge is 0.138 e. The molecule has 3 rings (SSSR count). The molecule has 1 N–H and O–H groups in total. The summed E-state index contributed by atoms with van der Waals surface area (Å²) >= 11 is 0. The summed E-state index contributed by atoms with van der Waals surface area (Å²) in [5.74, 6) is 0.893. The maximum atomic E-state index is 5.42.